The number of aromatic nitrogens is 1. The second-order valence-corrected chi connectivity index (χ2v) is 7.18. The summed E-state index contributed by atoms with van der Waals surface area (Å²) >= 11 is 9.59. The predicted molar refractivity (Wildman–Crippen MR) is 112 cm³/mol. The maximum Gasteiger partial charge on any atom is 0.340 e. The van der Waals surface area contributed by atoms with E-state index in [0.29, 0.717) is 29.5 Å². The highest BCUT2D eigenvalue weighted by Crippen LogP contribution is 2.37. The number of carbonyl (C=O) groups excluding carboxylic acids is 1. The number of hydrogen-bond donors (Lipinski definition) is 0. The zero-order chi connectivity index (χ0) is 19.6. The van der Waals surface area contributed by atoms with Crippen LogP contribution < -0.4 is 4.74 Å². The number of nitrogens with zero attached hydrogens (tertiary/aromatic N) is 1. The number of fused-ring (bicyclic) bond motifs is 1. The summed E-state index contributed by atoms with van der Waals surface area (Å²) in [7, 11) is 0. The maximum atomic E-state index is 12.7. The fourth-order valence-electron chi connectivity index (χ4n) is 3.06. The van der Waals surface area contributed by atoms with Crippen LogP contribution in [-0.4, -0.2) is 23.8 Å². The van der Waals surface area contributed by atoms with Crippen molar-refractivity contribution in [3.8, 4) is 11.4 Å². The van der Waals surface area contributed by atoms with E-state index in [1.807, 2.05) is 47.9 Å². The molecule has 1 aromatic heterocycles. The number of halogens is 2. The molecule has 0 aliphatic heterocycles. The summed E-state index contributed by atoms with van der Waals surface area (Å²) in [4.78, 5) is 12.7. The molecule has 4 nitrogen and oxygen atoms in total. The van der Waals surface area contributed by atoms with E-state index in [4.69, 9.17) is 21.1 Å². The van der Waals surface area contributed by atoms with Gasteiger partial charge in [0.1, 0.15) is 12.4 Å². The van der Waals surface area contributed by atoms with Gasteiger partial charge in [-0.05, 0) is 66.2 Å². The van der Waals surface area contributed by atoms with E-state index in [-0.39, 0.29) is 5.97 Å². The molecule has 0 aliphatic rings. The minimum atomic E-state index is -0.357. The predicted octanol–water partition coefficient (Wildman–Crippen LogP) is 6.10. The Morgan fingerprint density at radius 3 is 2.63 bits per heavy atom. The molecule has 27 heavy (non-hydrogen) atoms. The van der Waals surface area contributed by atoms with Gasteiger partial charge in [-0.2, -0.15) is 0 Å². The molecule has 0 amide bonds. The molecule has 0 saturated heterocycles. The van der Waals surface area contributed by atoms with E-state index in [2.05, 4.69) is 22.5 Å². The monoisotopic (exact) mass is 447 g/mol. The van der Waals surface area contributed by atoms with Gasteiger partial charge in [-0.3, -0.25) is 0 Å². The third kappa shape index (κ3) is 3.75. The zero-order valence-corrected chi connectivity index (χ0v) is 17.4. The van der Waals surface area contributed by atoms with Crippen molar-refractivity contribution in [3.63, 3.8) is 0 Å². The van der Waals surface area contributed by atoms with Crippen molar-refractivity contribution >= 4 is 44.4 Å². The summed E-state index contributed by atoms with van der Waals surface area (Å²) < 4.78 is 13.8. The molecule has 3 aromatic rings. The molecule has 0 N–H and O–H groups in total. The van der Waals surface area contributed by atoms with Gasteiger partial charge in [-0.25, -0.2) is 4.79 Å². The van der Waals surface area contributed by atoms with Crippen molar-refractivity contribution in [3.05, 3.63) is 69.8 Å². The largest absolute Gasteiger partial charge is 0.488 e. The molecule has 0 saturated carbocycles. The standard InChI is InChI=1S/C21H19BrClNO3/c1-4-10-27-19-11-16-18(12-17(19)22)24(15-8-6-14(23)7-9-15)13(3)20(16)21(25)26-5-2/h4,6-9,11-12H,1,5,10H2,2-3H3. The van der Waals surface area contributed by atoms with E-state index in [1.165, 1.54) is 0 Å². The Bertz CT molecular complexity index is 1010. The third-order valence-electron chi connectivity index (χ3n) is 4.18. The SMILES string of the molecule is C=CCOc1cc2c(C(=O)OCC)c(C)n(-c3ccc(Cl)cc3)c2cc1Br. The average molecular weight is 449 g/mol. The Balaban J connectivity index is 2.30. The van der Waals surface area contributed by atoms with Crippen LogP contribution in [0.2, 0.25) is 5.02 Å². The highest BCUT2D eigenvalue weighted by Gasteiger charge is 2.23. The highest BCUT2D eigenvalue weighted by molar-refractivity contribution is 9.10. The minimum Gasteiger partial charge on any atom is -0.488 e. The van der Waals surface area contributed by atoms with Gasteiger partial charge in [-0.1, -0.05) is 24.3 Å². The fraction of sp³-hybridized carbons (Fsp3) is 0.190. The van der Waals surface area contributed by atoms with Crippen LogP contribution in [0.15, 0.2) is 53.5 Å². The lowest BCUT2D eigenvalue weighted by Gasteiger charge is -2.10. The smallest absolute Gasteiger partial charge is 0.340 e. The van der Waals surface area contributed by atoms with Gasteiger partial charge in [0.05, 0.1) is 22.2 Å². The summed E-state index contributed by atoms with van der Waals surface area (Å²) in [6.07, 6.45) is 1.67. The normalized spacial score (nSPS) is 10.8. The van der Waals surface area contributed by atoms with Crippen molar-refractivity contribution < 1.29 is 14.3 Å². The summed E-state index contributed by atoms with van der Waals surface area (Å²) in [5.41, 5.74) is 3.09. The van der Waals surface area contributed by atoms with Gasteiger partial charge >= 0.3 is 5.97 Å². The maximum absolute atomic E-state index is 12.7. The number of hydrogen-bond acceptors (Lipinski definition) is 3. The molecule has 0 radical (unpaired) electrons. The summed E-state index contributed by atoms with van der Waals surface area (Å²) in [6, 6.07) is 11.3. The first-order valence-corrected chi connectivity index (χ1v) is 9.66. The molecule has 0 unspecified atom stereocenters. The van der Waals surface area contributed by atoms with Crippen molar-refractivity contribution in [1.82, 2.24) is 4.57 Å². The number of rotatable bonds is 6. The van der Waals surface area contributed by atoms with Gasteiger partial charge in [0.15, 0.2) is 0 Å². The van der Waals surface area contributed by atoms with Gasteiger partial charge in [0, 0.05) is 21.8 Å². The lowest BCUT2D eigenvalue weighted by molar-refractivity contribution is 0.0527. The van der Waals surface area contributed by atoms with E-state index in [0.717, 1.165) is 26.8 Å². The van der Waals surface area contributed by atoms with Gasteiger partial charge < -0.3 is 14.0 Å². The van der Waals surface area contributed by atoms with Crippen LogP contribution in [0.25, 0.3) is 16.6 Å². The summed E-state index contributed by atoms with van der Waals surface area (Å²) in [5.74, 6) is 0.283. The first kappa shape index (κ1) is 19.5. The molecule has 2 aromatic carbocycles. The van der Waals surface area contributed by atoms with Crippen LogP contribution >= 0.6 is 27.5 Å². The topological polar surface area (TPSA) is 40.5 Å². The summed E-state index contributed by atoms with van der Waals surface area (Å²) in [5, 5.41) is 1.42. The number of ether oxygens (including phenoxy) is 2. The van der Waals surface area contributed by atoms with Crippen molar-refractivity contribution in [2.75, 3.05) is 13.2 Å². The van der Waals surface area contributed by atoms with E-state index < -0.39 is 0 Å². The molecule has 3 rings (SSSR count). The molecule has 0 spiro atoms. The molecule has 0 fully saturated rings. The number of benzene rings is 2. The van der Waals surface area contributed by atoms with Crippen molar-refractivity contribution in [2.24, 2.45) is 0 Å². The minimum absolute atomic E-state index is 0.308. The molecule has 0 aliphatic carbocycles. The molecule has 140 valence electrons. The lowest BCUT2D eigenvalue weighted by Crippen LogP contribution is -2.07. The molecule has 6 heteroatoms. The average Bonchev–Trinajstić information content (AvgIpc) is 2.91. The Hall–Kier alpha value is -2.24. The van der Waals surface area contributed by atoms with Crippen LogP contribution in [-0.2, 0) is 4.74 Å². The van der Waals surface area contributed by atoms with E-state index in [1.54, 1.807) is 13.0 Å². The van der Waals surface area contributed by atoms with Crippen LogP contribution in [0, 0.1) is 6.92 Å². The van der Waals surface area contributed by atoms with E-state index >= 15 is 0 Å². The molecular weight excluding hydrogens is 430 g/mol. The molecule has 0 atom stereocenters. The first-order valence-electron chi connectivity index (χ1n) is 8.49. The Morgan fingerprint density at radius 1 is 1.30 bits per heavy atom. The first-order chi connectivity index (χ1) is 13.0. The number of carbonyl (C=O) groups is 1. The Kier molecular flexibility index (Phi) is 5.92. The van der Waals surface area contributed by atoms with Gasteiger partial charge in [0.2, 0.25) is 0 Å². The zero-order valence-electron chi connectivity index (χ0n) is 15.1. The van der Waals surface area contributed by atoms with Crippen LogP contribution in [0.5, 0.6) is 5.75 Å². The van der Waals surface area contributed by atoms with Crippen LogP contribution in [0.3, 0.4) is 0 Å². The molecule has 1 heterocycles. The fourth-order valence-corrected chi connectivity index (χ4v) is 3.63. The quantitative estimate of drug-likeness (QED) is 0.338. The van der Waals surface area contributed by atoms with Gasteiger partial charge in [0.25, 0.3) is 0 Å². The number of esters is 1. The summed E-state index contributed by atoms with van der Waals surface area (Å²) in [6.45, 7) is 8.05. The van der Waals surface area contributed by atoms with Crippen molar-refractivity contribution in [1.29, 1.82) is 0 Å². The Labute approximate surface area is 171 Å². The van der Waals surface area contributed by atoms with Crippen LogP contribution in [0.4, 0.5) is 0 Å². The Morgan fingerprint density at radius 2 is 2.00 bits per heavy atom. The van der Waals surface area contributed by atoms with Crippen LogP contribution in [0.1, 0.15) is 23.0 Å². The second kappa shape index (κ2) is 8.19. The lowest BCUT2D eigenvalue weighted by atomic mass is 10.1. The van der Waals surface area contributed by atoms with Crippen molar-refractivity contribution in [2.45, 2.75) is 13.8 Å². The van der Waals surface area contributed by atoms with E-state index in [9.17, 15) is 4.79 Å². The third-order valence-corrected chi connectivity index (χ3v) is 5.05. The highest BCUT2D eigenvalue weighted by atomic mass is 79.9. The molecule has 0 bridgehead atoms. The molecular formula is C21H19BrClNO3. The van der Waals surface area contributed by atoms with Gasteiger partial charge in [-0.15, -0.1) is 0 Å². The second-order valence-electron chi connectivity index (χ2n) is 5.89.